The lowest BCUT2D eigenvalue weighted by atomic mass is 9.97. The van der Waals surface area contributed by atoms with Gasteiger partial charge in [-0.3, -0.25) is 0 Å². The SMILES string of the molecule is CC(C)c1nc(C(N)c2ccc3c(c2)CCCN3C)no1. The van der Waals surface area contributed by atoms with Crippen molar-refractivity contribution in [2.45, 2.75) is 38.6 Å². The van der Waals surface area contributed by atoms with Crippen LogP contribution in [0.5, 0.6) is 0 Å². The van der Waals surface area contributed by atoms with Crippen LogP contribution in [0.3, 0.4) is 0 Å². The minimum atomic E-state index is -0.334. The van der Waals surface area contributed by atoms with E-state index in [0.29, 0.717) is 11.7 Å². The van der Waals surface area contributed by atoms with Gasteiger partial charge >= 0.3 is 0 Å². The van der Waals surface area contributed by atoms with Crippen molar-refractivity contribution in [3.8, 4) is 0 Å². The number of rotatable bonds is 3. The Morgan fingerprint density at radius 3 is 2.86 bits per heavy atom. The summed E-state index contributed by atoms with van der Waals surface area (Å²) in [7, 11) is 2.13. The monoisotopic (exact) mass is 286 g/mol. The van der Waals surface area contributed by atoms with Gasteiger partial charge in [0.1, 0.15) is 0 Å². The Morgan fingerprint density at radius 2 is 2.14 bits per heavy atom. The summed E-state index contributed by atoms with van der Waals surface area (Å²) in [5, 5.41) is 4.02. The normalized spacial score (nSPS) is 16.1. The number of aryl methyl sites for hydroxylation is 1. The molecule has 1 aliphatic rings. The number of fused-ring (bicyclic) bond motifs is 1. The van der Waals surface area contributed by atoms with Crippen LogP contribution >= 0.6 is 0 Å². The number of aromatic nitrogens is 2. The molecule has 1 atom stereocenters. The number of benzene rings is 1. The molecule has 3 rings (SSSR count). The maximum atomic E-state index is 6.30. The molecule has 2 aromatic rings. The molecule has 0 amide bonds. The topological polar surface area (TPSA) is 68.2 Å². The van der Waals surface area contributed by atoms with Crippen molar-refractivity contribution in [1.82, 2.24) is 10.1 Å². The van der Waals surface area contributed by atoms with E-state index in [1.807, 2.05) is 13.8 Å². The van der Waals surface area contributed by atoms with Gasteiger partial charge in [0.2, 0.25) is 5.89 Å². The first-order chi connectivity index (χ1) is 10.1. The maximum absolute atomic E-state index is 6.30. The Labute approximate surface area is 125 Å². The number of hydrogen-bond acceptors (Lipinski definition) is 5. The average molecular weight is 286 g/mol. The van der Waals surface area contributed by atoms with Crippen LogP contribution in [-0.4, -0.2) is 23.7 Å². The molecule has 0 saturated heterocycles. The predicted molar refractivity (Wildman–Crippen MR) is 82.5 cm³/mol. The van der Waals surface area contributed by atoms with Crippen molar-refractivity contribution >= 4 is 5.69 Å². The summed E-state index contributed by atoms with van der Waals surface area (Å²) in [6.45, 7) is 5.16. The summed E-state index contributed by atoms with van der Waals surface area (Å²) in [5.41, 5.74) is 9.99. The van der Waals surface area contributed by atoms with Crippen LogP contribution in [0.4, 0.5) is 5.69 Å². The zero-order valence-corrected chi connectivity index (χ0v) is 12.8. The van der Waals surface area contributed by atoms with Crippen molar-refractivity contribution in [2.24, 2.45) is 5.73 Å². The molecule has 5 heteroatoms. The Kier molecular flexibility index (Phi) is 3.68. The lowest BCUT2D eigenvalue weighted by Gasteiger charge is -2.28. The van der Waals surface area contributed by atoms with E-state index in [4.69, 9.17) is 10.3 Å². The molecule has 1 unspecified atom stereocenters. The molecule has 0 radical (unpaired) electrons. The van der Waals surface area contributed by atoms with Gasteiger partial charge in [0.15, 0.2) is 5.82 Å². The molecule has 0 aliphatic carbocycles. The molecule has 2 N–H and O–H groups in total. The third kappa shape index (κ3) is 2.65. The fraction of sp³-hybridized carbons (Fsp3) is 0.500. The summed E-state index contributed by atoms with van der Waals surface area (Å²) in [4.78, 5) is 6.69. The van der Waals surface area contributed by atoms with Crippen LogP contribution in [0, 0.1) is 0 Å². The first-order valence-electron chi connectivity index (χ1n) is 7.49. The lowest BCUT2D eigenvalue weighted by Crippen LogP contribution is -2.25. The Bertz CT molecular complexity index is 635. The minimum Gasteiger partial charge on any atom is -0.374 e. The second kappa shape index (κ2) is 5.48. The van der Waals surface area contributed by atoms with Crippen LogP contribution in [-0.2, 0) is 6.42 Å². The number of hydrogen-bond donors (Lipinski definition) is 1. The van der Waals surface area contributed by atoms with Crippen molar-refractivity contribution in [3.05, 3.63) is 41.0 Å². The van der Waals surface area contributed by atoms with Crippen LogP contribution in [0.25, 0.3) is 0 Å². The van der Waals surface area contributed by atoms with E-state index in [1.165, 1.54) is 17.7 Å². The fourth-order valence-electron chi connectivity index (χ4n) is 2.76. The van der Waals surface area contributed by atoms with Gasteiger partial charge in [-0.15, -0.1) is 0 Å². The van der Waals surface area contributed by atoms with Gasteiger partial charge in [0, 0.05) is 25.2 Å². The van der Waals surface area contributed by atoms with Crippen molar-refractivity contribution < 1.29 is 4.52 Å². The first-order valence-corrected chi connectivity index (χ1v) is 7.49. The summed E-state index contributed by atoms with van der Waals surface area (Å²) in [6.07, 6.45) is 2.28. The number of anilines is 1. The van der Waals surface area contributed by atoms with Crippen molar-refractivity contribution in [1.29, 1.82) is 0 Å². The first kappa shape index (κ1) is 14.1. The molecule has 1 aromatic carbocycles. The van der Waals surface area contributed by atoms with Gasteiger partial charge in [-0.25, -0.2) is 0 Å². The maximum Gasteiger partial charge on any atom is 0.229 e. The molecule has 1 aliphatic heterocycles. The summed E-state index contributed by atoms with van der Waals surface area (Å²) < 4.78 is 5.25. The van der Waals surface area contributed by atoms with Crippen LogP contribution in [0.1, 0.15) is 55.1 Å². The fourth-order valence-corrected chi connectivity index (χ4v) is 2.76. The highest BCUT2D eigenvalue weighted by Gasteiger charge is 2.20. The molecule has 1 aromatic heterocycles. The Hall–Kier alpha value is -1.88. The average Bonchev–Trinajstić information content (AvgIpc) is 2.96. The standard InChI is InChI=1S/C16H22N4O/c1-10(2)16-18-15(19-21-16)14(17)12-6-7-13-11(9-12)5-4-8-20(13)3/h6-7,9-10,14H,4-5,8,17H2,1-3H3. The Morgan fingerprint density at radius 1 is 1.33 bits per heavy atom. The smallest absolute Gasteiger partial charge is 0.229 e. The highest BCUT2D eigenvalue weighted by Crippen LogP contribution is 2.29. The summed E-state index contributed by atoms with van der Waals surface area (Å²) in [5.74, 6) is 1.41. The van der Waals surface area contributed by atoms with Gasteiger partial charge in [0.25, 0.3) is 0 Å². The van der Waals surface area contributed by atoms with E-state index >= 15 is 0 Å². The molecular formula is C16H22N4O. The zero-order chi connectivity index (χ0) is 15.0. The van der Waals surface area contributed by atoms with E-state index in [2.05, 4.69) is 40.3 Å². The molecular weight excluding hydrogens is 264 g/mol. The van der Waals surface area contributed by atoms with E-state index < -0.39 is 0 Å². The summed E-state index contributed by atoms with van der Waals surface area (Å²) in [6, 6.07) is 6.06. The quantitative estimate of drug-likeness (QED) is 0.939. The zero-order valence-electron chi connectivity index (χ0n) is 12.8. The van der Waals surface area contributed by atoms with Crippen LogP contribution in [0.2, 0.25) is 0 Å². The van der Waals surface area contributed by atoms with Crippen LogP contribution < -0.4 is 10.6 Å². The molecule has 5 nitrogen and oxygen atoms in total. The second-order valence-corrected chi connectivity index (χ2v) is 6.04. The van der Waals surface area contributed by atoms with E-state index in [-0.39, 0.29) is 12.0 Å². The molecule has 0 spiro atoms. The van der Waals surface area contributed by atoms with E-state index in [1.54, 1.807) is 0 Å². The molecule has 21 heavy (non-hydrogen) atoms. The second-order valence-electron chi connectivity index (χ2n) is 6.04. The minimum absolute atomic E-state index is 0.218. The number of nitrogens with two attached hydrogens (primary N) is 1. The summed E-state index contributed by atoms with van der Waals surface area (Å²) >= 11 is 0. The highest BCUT2D eigenvalue weighted by molar-refractivity contribution is 5.56. The number of nitrogens with zero attached hydrogens (tertiary/aromatic N) is 3. The van der Waals surface area contributed by atoms with Gasteiger partial charge in [-0.05, 0) is 30.0 Å². The third-order valence-corrected chi connectivity index (χ3v) is 4.04. The van der Waals surface area contributed by atoms with Gasteiger partial charge in [0.05, 0.1) is 6.04 Å². The highest BCUT2D eigenvalue weighted by atomic mass is 16.5. The predicted octanol–water partition coefficient (Wildman–Crippen LogP) is 2.62. The molecule has 2 heterocycles. The van der Waals surface area contributed by atoms with E-state index in [9.17, 15) is 0 Å². The molecule has 0 saturated carbocycles. The molecule has 0 fully saturated rings. The van der Waals surface area contributed by atoms with Crippen LogP contribution in [0.15, 0.2) is 22.7 Å². The third-order valence-electron chi connectivity index (χ3n) is 4.04. The van der Waals surface area contributed by atoms with Gasteiger partial charge in [-0.1, -0.05) is 31.1 Å². The lowest BCUT2D eigenvalue weighted by molar-refractivity contribution is 0.359. The molecule has 112 valence electrons. The van der Waals surface area contributed by atoms with Crippen molar-refractivity contribution in [2.75, 3.05) is 18.5 Å². The van der Waals surface area contributed by atoms with Gasteiger partial charge in [-0.2, -0.15) is 4.98 Å². The molecule has 0 bridgehead atoms. The van der Waals surface area contributed by atoms with Gasteiger partial charge < -0.3 is 15.2 Å². The van der Waals surface area contributed by atoms with E-state index in [0.717, 1.165) is 18.5 Å². The van der Waals surface area contributed by atoms with Crippen molar-refractivity contribution in [3.63, 3.8) is 0 Å². The Balaban J connectivity index is 1.89. The largest absolute Gasteiger partial charge is 0.374 e.